The Balaban J connectivity index is 1.62. The van der Waals surface area contributed by atoms with Crippen molar-refractivity contribution in [2.24, 2.45) is 10.9 Å². The number of benzene rings is 3. The number of nitrogens with one attached hydrogen (secondary N) is 1. The summed E-state index contributed by atoms with van der Waals surface area (Å²) in [4.78, 5) is 17.1. The van der Waals surface area contributed by atoms with Crippen LogP contribution >= 0.6 is 0 Å². The molecule has 5 heteroatoms. The van der Waals surface area contributed by atoms with Crippen molar-refractivity contribution in [1.82, 2.24) is 5.32 Å². The van der Waals surface area contributed by atoms with Crippen LogP contribution < -0.4 is 5.32 Å². The van der Waals surface area contributed by atoms with Crippen molar-refractivity contribution in [1.29, 1.82) is 0 Å². The van der Waals surface area contributed by atoms with E-state index in [9.17, 15) is 4.79 Å². The molecule has 0 unspecified atom stereocenters. The summed E-state index contributed by atoms with van der Waals surface area (Å²) in [5.74, 6) is -0.383. The van der Waals surface area contributed by atoms with Gasteiger partial charge in [0.2, 0.25) is 5.91 Å². The van der Waals surface area contributed by atoms with Crippen LogP contribution in [0.4, 0.5) is 10.1 Å². The standard InChI is InChI=1S/C26H23FN2O2/c27-23-14-13-21(15-22(23)26(20-11-12-20)17-31-16-24(30)29-26)28-25(18-7-3-1-4-8-18)19-9-5-2-6-10-19/h1-10,13-15,20H,11-12,16-17H2,(H,29,30)/t26-/m0/s1. The van der Waals surface area contributed by atoms with Gasteiger partial charge in [0.25, 0.3) is 0 Å². The second kappa shape index (κ2) is 8.08. The highest BCUT2D eigenvalue weighted by Gasteiger charge is 2.51. The van der Waals surface area contributed by atoms with Crippen molar-refractivity contribution >= 4 is 17.3 Å². The van der Waals surface area contributed by atoms with E-state index in [2.05, 4.69) is 5.32 Å². The van der Waals surface area contributed by atoms with Crippen LogP contribution in [0.5, 0.6) is 0 Å². The lowest BCUT2D eigenvalue weighted by atomic mass is 9.84. The van der Waals surface area contributed by atoms with E-state index in [0.29, 0.717) is 11.3 Å². The molecule has 1 amide bonds. The van der Waals surface area contributed by atoms with Gasteiger partial charge < -0.3 is 10.1 Å². The molecule has 4 nitrogen and oxygen atoms in total. The van der Waals surface area contributed by atoms with Crippen LogP contribution in [0, 0.1) is 11.7 Å². The lowest BCUT2D eigenvalue weighted by Crippen LogP contribution is -2.56. The van der Waals surface area contributed by atoms with Gasteiger partial charge in [-0.05, 0) is 37.0 Å². The number of morpholine rings is 1. The summed E-state index contributed by atoms with van der Waals surface area (Å²) >= 11 is 0. The maximum Gasteiger partial charge on any atom is 0.246 e. The summed E-state index contributed by atoms with van der Waals surface area (Å²) < 4.78 is 20.6. The molecule has 1 aliphatic heterocycles. The molecule has 3 aromatic carbocycles. The topological polar surface area (TPSA) is 50.7 Å². The zero-order chi connectivity index (χ0) is 21.3. The van der Waals surface area contributed by atoms with E-state index in [4.69, 9.17) is 9.73 Å². The maximum absolute atomic E-state index is 15.0. The van der Waals surface area contributed by atoms with Crippen LogP contribution in [0.3, 0.4) is 0 Å². The number of carbonyl (C=O) groups excluding carboxylic acids is 1. The number of halogens is 1. The Hall–Kier alpha value is -3.31. The number of hydrogen-bond acceptors (Lipinski definition) is 3. The summed E-state index contributed by atoms with van der Waals surface area (Å²) in [7, 11) is 0. The number of aliphatic imine (C=N–C) groups is 1. The molecule has 0 aromatic heterocycles. The summed E-state index contributed by atoms with van der Waals surface area (Å²) in [6, 6.07) is 24.7. The first-order valence-electron chi connectivity index (χ1n) is 10.5. The normalized spacial score (nSPS) is 20.7. The summed E-state index contributed by atoms with van der Waals surface area (Å²) in [5.41, 5.74) is 3.02. The monoisotopic (exact) mass is 414 g/mol. The Labute approximate surface area is 180 Å². The van der Waals surface area contributed by atoms with E-state index in [1.54, 1.807) is 12.1 Å². The molecule has 156 valence electrons. The van der Waals surface area contributed by atoms with Gasteiger partial charge in [-0.1, -0.05) is 60.7 Å². The zero-order valence-electron chi connectivity index (χ0n) is 17.1. The molecule has 0 radical (unpaired) electrons. The number of amides is 1. The second-order valence-corrected chi connectivity index (χ2v) is 8.14. The number of rotatable bonds is 5. The minimum absolute atomic E-state index is 0.0140. The molecular formula is C26H23FN2O2. The van der Waals surface area contributed by atoms with Gasteiger partial charge in [-0.2, -0.15) is 0 Å². The SMILES string of the molecule is O=C1COC[C@@](c2cc(N=C(c3ccccc3)c3ccccc3)ccc2F)(C2CC2)N1. The Bertz CT molecular complexity index is 1090. The molecule has 1 saturated carbocycles. The number of carbonyl (C=O) groups is 1. The fourth-order valence-corrected chi connectivity index (χ4v) is 4.33. The third-order valence-corrected chi connectivity index (χ3v) is 5.97. The average molecular weight is 414 g/mol. The smallest absolute Gasteiger partial charge is 0.246 e. The van der Waals surface area contributed by atoms with Gasteiger partial charge in [0.05, 0.1) is 23.5 Å². The van der Waals surface area contributed by atoms with Crippen LogP contribution in [0.1, 0.15) is 29.5 Å². The highest BCUT2D eigenvalue weighted by molar-refractivity contribution is 6.13. The number of nitrogens with zero attached hydrogens (tertiary/aromatic N) is 1. The van der Waals surface area contributed by atoms with Crippen molar-refractivity contribution < 1.29 is 13.9 Å². The first kappa shape index (κ1) is 19.6. The lowest BCUT2D eigenvalue weighted by molar-refractivity contribution is -0.136. The van der Waals surface area contributed by atoms with E-state index >= 15 is 4.39 Å². The Morgan fingerprint density at radius 3 is 2.19 bits per heavy atom. The third kappa shape index (κ3) is 3.89. The van der Waals surface area contributed by atoms with Gasteiger partial charge in [-0.15, -0.1) is 0 Å². The van der Waals surface area contributed by atoms with E-state index in [1.165, 1.54) is 6.07 Å². The van der Waals surface area contributed by atoms with Gasteiger partial charge in [-0.25, -0.2) is 9.38 Å². The van der Waals surface area contributed by atoms with Crippen molar-refractivity contribution in [3.05, 3.63) is 101 Å². The van der Waals surface area contributed by atoms with Crippen LogP contribution in [0.25, 0.3) is 0 Å². The molecular weight excluding hydrogens is 391 g/mol. The van der Waals surface area contributed by atoms with Gasteiger partial charge in [-0.3, -0.25) is 4.79 Å². The minimum atomic E-state index is -0.829. The average Bonchev–Trinajstić information content (AvgIpc) is 3.66. The van der Waals surface area contributed by atoms with Crippen LogP contribution in [0.15, 0.2) is 83.9 Å². The summed E-state index contributed by atoms with van der Waals surface area (Å²) in [5, 5.41) is 3.04. The molecule has 1 N–H and O–H groups in total. The van der Waals surface area contributed by atoms with Crippen molar-refractivity contribution in [3.63, 3.8) is 0 Å². The Morgan fingerprint density at radius 1 is 0.968 bits per heavy atom. The van der Waals surface area contributed by atoms with Gasteiger partial charge >= 0.3 is 0 Å². The third-order valence-electron chi connectivity index (χ3n) is 5.97. The molecule has 5 rings (SSSR count). The zero-order valence-corrected chi connectivity index (χ0v) is 17.1. The lowest BCUT2D eigenvalue weighted by Gasteiger charge is -2.39. The van der Waals surface area contributed by atoms with E-state index in [-0.39, 0.29) is 30.9 Å². The predicted octanol–water partition coefficient (Wildman–Crippen LogP) is 4.75. The molecule has 1 aliphatic carbocycles. The van der Waals surface area contributed by atoms with Gasteiger partial charge in [0.15, 0.2) is 0 Å². The highest BCUT2D eigenvalue weighted by Crippen LogP contribution is 2.48. The molecule has 2 fully saturated rings. The molecule has 31 heavy (non-hydrogen) atoms. The second-order valence-electron chi connectivity index (χ2n) is 8.14. The quantitative estimate of drug-likeness (QED) is 0.613. The molecule has 1 atom stereocenters. The predicted molar refractivity (Wildman–Crippen MR) is 118 cm³/mol. The first-order valence-corrected chi connectivity index (χ1v) is 10.5. The Kier molecular flexibility index (Phi) is 5.12. The van der Waals surface area contributed by atoms with Gasteiger partial charge in [0, 0.05) is 16.7 Å². The van der Waals surface area contributed by atoms with Gasteiger partial charge in [0.1, 0.15) is 12.4 Å². The largest absolute Gasteiger partial charge is 0.369 e. The molecule has 2 aliphatic rings. The van der Waals surface area contributed by atoms with Crippen molar-refractivity contribution in [2.75, 3.05) is 13.2 Å². The highest BCUT2D eigenvalue weighted by atomic mass is 19.1. The Morgan fingerprint density at radius 2 is 1.61 bits per heavy atom. The molecule has 3 aromatic rings. The molecule has 0 bridgehead atoms. The molecule has 0 spiro atoms. The van der Waals surface area contributed by atoms with Crippen LogP contribution in [-0.4, -0.2) is 24.8 Å². The van der Waals surface area contributed by atoms with Crippen LogP contribution in [-0.2, 0) is 15.1 Å². The summed E-state index contributed by atoms with van der Waals surface area (Å²) in [6.45, 7) is 0.290. The van der Waals surface area contributed by atoms with Crippen LogP contribution in [0.2, 0.25) is 0 Å². The van der Waals surface area contributed by atoms with Crippen molar-refractivity contribution in [2.45, 2.75) is 18.4 Å². The fourth-order valence-electron chi connectivity index (χ4n) is 4.33. The number of hydrogen-bond donors (Lipinski definition) is 1. The summed E-state index contributed by atoms with van der Waals surface area (Å²) in [6.07, 6.45) is 1.88. The maximum atomic E-state index is 15.0. The first-order chi connectivity index (χ1) is 15.2. The van der Waals surface area contributed by atoms with E-state index in [1.807, 2.05) is 60.7 Å². The van der Waals surface area contributed by atoms with E-state index < -0.39 is 5.54 Å². The fraction of sp³-hybridized carbons (Fsp3) is 0.231. The molecule has 1 saturated heterocycles. The minimum Gasteiger partial charge on any atom is -0.369 e. The van der Waals surface area contributed by atoms with Crippen molar-refractivity contribution in [3.8, 4) is 0 Å². The molecule has 1 heterocycles. The van der Waals surface area contributed by atoms with E-state index in [0.717, 1.165) is 29.7 Å². The number of ether oxygens (including phenoxy) is 1.